The van der Waals surface area contributed by atoms with Crippen LogP contribution >= 0.6 is 12.4 Å². The van der Waals surface area contributed by atoms with Gasteiger partial charge in [-0.2, -0.15) is 0 Å². The van der Waals surface area contributed by atoms with Crippen molar-refractivity contribution >= 4 is 24.2 Å². The Balaban J connectivity index is 0.00000108. The van der Waals surface area contributed by atoms with Crippen molar-refractivity contribution in [3.8, 4) is 0 Å². The van der Waals surface area contributed by atoms with E-state index >= 15 is 0 Å². The molecule has 0 saturated carbocycles. The molecule has 0 saturated heterocycles. The highest BCUT2D eigenvalue weighted by Gasteiger charge is 2.13. The van der Waals surface area contributed by atoms with E-state index in [0.717, 1.165) is 22.4 Å². The summed E-state index contributed by atoms with van der Waals surface area (Å²) < 4.78 is 0. The molecule has 2 aliphatic rings. The average molecular weight is 245 g/mol. The van der Waals surface area contributed by atoms with Crippen LogP contribution in [-0.4, -0.2) is 5.11 Å². The number of benzene rings is 1. The Morgan fingerprint density at radius 2 is 1.82 bits per heavy atom. The van der Waals surface area contributed by atoms with Crippen LogP contribution in [0.2, 0.25) is 0 Å². The molecule has 1 nitrogen and oxygen atoms in total. The summed E-state index contributed by atoms with van der Waals surface area (Å²) in [6, 6.07) is 7.92. The van der Waals surface area contributed by atoms with Crippen LogP contribution in [0.15, 0.2) is 59.7 Å². The molecule has 0 spiro atoms. The predicted octanol–water partition coefficient (Wildman–Crippen LogP) is 2.38. The normalized spacial score (nSPS) is 16.6. The summed E-state index contributed by atoms with van der Waals surface area (Å²) in [4.78, 5) is 0. The van der Waals surface area contributed by atoms with Crippen LogP contribution in [0.5, 0.6) is 0 Å². The van der Waals surface area contributed by atoms with Gasteiger partial charge >= 0.3 is 0 Å². The monoisotopic (exact) mass is 244 g/mol. The number of aliphatic hydroxyl groups excluding tert-OH is 1. The first-order valence-corrected chi connectivity index (χ1v) is 5.43. The van der Waals surface area contributed by atoms with Crippen LogP contribution in [0.3, 0.4) is 0 Å². The van der Waals surface area contributed by atoms with E-state index in [2.05, 4.69) is 18.2 Å². The van der Waals surface area contributed by atoms with Crippen LogP contribution in [0.4, 0.5) is 0 Å². The molecule has 0 fully saturated rings. The number of hydrogen-bond acceptors (Lipinski definition) is 1. The van der Waals surface area contributed by atoms with Crippen molar-refractivity contribution in [1.29, 1.82) is 0 Å². The number of allylic oxidation sites excluding steroid dienone is 4. The molecule has 1 N–H and O–H groups in total. The number of hydrogen-bond donors (Lipinski definition) is 1. The standard InChI is InChI=1S/C15H12O.ClH/c16-15-13-7-3-1-5-11(13)9-10-12-6-2-4-8-14(12)15;/h1-5,7-10,16H,6H2;1H. The lowest BCUT2D eigenvalue weighted by molar-refractivity contribution is 0.505. The Morgan fingerprint density at radius 3 is 2.71 bits per heavy atom. The largest absolute Gasteiger partial charge is 0.507 e. The lowest BCUT2D eigenvalue weighted by Gasteiger charge is -2.11. The predicted molar refractivity (Wildman–Crippen MR) is 73.4 cm³/mol. The fourth-order valence-corrected chi connectivity index (χ4v) is 2.16. The maximum Gasteiger partial charge on any atom is 0.130 e. The van der Waals surface area contributed by atoms with E-state index < -0.39 is 0 Å². The van der Waals surface area contributed by atoms with Crippen molar-refractivity contribution in [2.45, 2.75) is 6.42 Å². The molecule has 0 unspecified atom stereocenters. The summed E-state index contributed by atoms with van der Waals surface area (Å²) in [5.41, 5.74) is 2.12. The van der Waals surface area contributed by atoms with Crippen molar-refractivity contribution in [3.05, 3.63) is 70.2 Å². The fourth-order valence-electron chi connectivity index (χ4n) is 2.16. The molecule has 0 amide bonds. The van der Waals surface area contributed by atoms with E-state index in [-0.39, 0.29) is 12.4 Å². The summed E-state index contributed by atoms with van der Waals surface area (Å²) in [5, 5.41) is 12.3. The van der Waals surface area contributed by atoms with Crippen molar-refractivity contribution < 1.29 is 5.11 Å². The van der Waals surface area contributed by atoms with Gasteiger partial charge in [-0.15, -0.1) is 12.4 Å². The first-order valence-electron chi connectivity index (χ1n) is 5.43. The quantitative estimate of drug-likeness (QED) is 0.743. The van der Waals surface area contributed by atoms with Crippen molar-refractivity contribution in [2.75, 3.05) is 0 Å². The molecule has 0 heterocycles. The van der Waals surface area contributed by atoms with E-state index in [4.69, 9.17) is 0 Å². The summed E-state index contributed by atoms with van der Waals surface area (Å²) in [6.07, 6.45) is 11.1. The van der Waals surface area contributed by atoms with Gasteiger partial charge in [0.15, 0.2) is 0 Å². The lowest BCUT2D eigenvalue weighted by atomic mass is 9.96. The third-order valence-electron chi connectivity index (χ3n) is 3.02. The Kier molecular flexibility index (Phi) is 3.21. The van der Waals surface area contributed by atoms with Gasteiger partial charge in [-0.05, 0) is 17.2 Å². The number of rotatable bonds is 0. The van der Waals surface area contributed by atoms with Gasteiger partial charge in [-0.25, -0.2) is 0 Å². The van der Waals surface area contributed by atoms with E-state index in [0.29, 0.717) is 5.76 Å². The Bertz CT molecular complexity index is 648. The highest BCUT2D eigenvalue weighted by Crippen LogP contribution is 2.25. The summed E-state index contributed by atoms with van der Waals surface area (Å²) in [5.74, 6) is 0.389. The zero-order valence-corrected chi connectivity index (χ0v) is 10.1. The topological polar surface area (TPSA) is 20.2 Å². The first-order chi connectivity index (χ1) is 7.86. The van der Waals surface area contributed by atoms with Crippen LogP contribution in [-0.2, 0) is 0 Å². The second-order valence-electron chi connectivity index (χ2n) is 4.01. The minimum absolute atomic E-state index is 0. The molecular weight excluding hydrogens is 232 g/mol. The van der Waals surface area contributed by atoms with Gasteiger partial charge in [0.25, 0.3) is 0 Å². The average Bonchev–Trinajstić information content (AvgIpc) is 2.49. The summed E-state index contributed by atoms with van der Waals surface area (Å²) in [6.45, 7) is 0. The zero-order chi connectivity index (χ0) is 11.0. The van der Waals surface area contributed by atoms with Crippen LogP contribution in [0.25, 0.3) is 11.8 Å². The molecule has 86 valence electrons. The van der Waals surface area contributed by atoms with Crippen molar-refractivity contribution in [2.24, 2.45) is 0 Å². The Morgan fingerprint density at radius 1 is 1.00 bits per heavy atom. The van der Waals surface area contributed by atoms with Gasteiger partial charge in [0.2, 0.25) is 0 Å². The van der Waals surface area contributed by atoms with Gasteiger partial charge in [-0.1, -0.05) is 54.6 Å². The molecule has 0 bridgehead atoms. The molecule has 0 atom stereocenters. The SMILES string of the molecule is Cl.OC1=c2ccccc2=CC=C2CC=CC=C21. The molecule has 0 aromatic heterocycles. The lowest BCUT2D eigenvalue weighted by Crippen LogP contribution is -2.26. The highest BCUT2D eigenvalue weighted by molar-refractivity contribution is 5.85. The molecule has 0 aliphatic heterocycles. The Hall–Kier alpha value is -1.73. The molecule has 17 heavy (non-hydrogen) atoms. The van der Waals surface area contributed by atoms with Gasteiger partial charge < -0.3 is 5.11 Å². The van der Waals surface area contributed by atoms with Crippen molar-refractivity contribution in [1.82, 2.24) is 0 Å². The van der Waals surface area contributed by atoms with E-state index in [9.17, 15) is 5.11 Å². The third kappa shape index (κ3) is 1.94. The minimum Gasteiger partial charge on any atom is -0.507 e. The van der Waals surface area contributed by atoms with Gasteiger partial charge in [-0.3, -0.25) is 0 Å². The summed E-state index contributed by atoms with van der Waals surface area (Å²) in [7, 11) is 0. The number of halogens is 1. The Labute approximate surface area is 106 Å². The second-order valence-corrected chi connectivity index (χ2v) is 4.01. The van der Waals surface area contributed by atoms with Gasteiger partial charge in [0.1, 0.15) is 5.76 Å². The van der Waals surface area contributed by atoms with Crippen LogP contribution in [0, 0.1) is 0 Å². The first kappa shape index (κ1) is 11.7. The molecule has 0 radical (unpaired) electrons. The highest BCUT2D eigenvalue weighted by atomic mass is 35.5. The summed E-state index contributed by atoms with van der Waals surface area (Å²) >= 11 is 0. The number of aliphatic hydroxyl groups is 1. The van der Waals surface area contributed by atoms with Gasteiger partial charge in [0, 0.05) is 10.8 Å². The third-order valence-corrected chi connectivity index (χ3v) is 3.02. The van der Waals surface area contributed by atoms with E-state index in [1.807, 2.05) is 36.4 Å². The molecule has 1 aromatic carbocycles. The number of fused-ring (bicyclic) bond motifs is 2. The fraction of sp³-hybridized carbons (Fsp3) is 0.0667. The second kappa shape index (κ2) is 4.64. The van der Waals surface area contributed by atoms with Crippen LogP contribution in [0.1, 0.15) is 6.42 Å². The van der Waals surface area contributed by atoms with Crippen LogP contribution < -0.4 is 10.4 Å². The molecule has 2 heteroatoms. The van der Waals surface area contributed by atoms with Gasteiger partial charge in [0.05, 0.1) is 0 Å². The molecule has 3 rings (SSSR count). The zero-order valence-electron chi connectivity index (χ0n) is 9.26. The van der Waals surface area contributed by atoms with Crippen molar-refractivity contribution in [3.63, 3.8) is 0 Å². The maximum absolute atomic E-state index is 10.3. The minimum atomic E-state index is 0. The molecular formula is C15H13ClO. The van der Waals surface area contributed by atoms with E-state index in [1.165, 1.54) is 5.57 Å². The molecule has 2 aliphatic carbocycles. The van der Waals surface area contributed by atoms with E-state index in [1.54, 1.807) is 0 Å². The smallest absolute Gasteiger partial charge is 0.130 e. The molecule has 1 aromatic rings. The maximum atomic E-state index is 10.3.